The number of nitrogens with one attached hydrogen (secondary N) is 2. The maximum atomic E-state index is 14.0. The largest absolute Gasteiger partial charge is 0.454 e. The van der Waals surface area contributed by atoms with Gasteiger partial charge in [-0.1, -0.05) is 25.5 Å². The Bertz CT molecular complexity index is 1320. The number of carbonyl (C=O) groups is 2. The molecule has 4 N–H and O–H groups in total. The number of esters is 1. The molecule has 0 aromatic heterocycles. The number of benzene rings is 1. The third-order valence-corrected chi connectivity index (χ3v) is 12.2. The number of ether oxygens (including phenoxy) is 5. The molecule has 3 aliphatic heterocycles. The van der Waals surface area contributed by atoms with Gasteiger partial charge < -0.3 is 33.9 Å². The van der Waals surface area contributed by atoms with Gasteiger partial charge in [0.15, 0.2) is 0 Å². The molecular weight excluding hydrogens is 570 g/mol. The van der Waals surface area contributed by atoms with Crippen molar-refractivity contribution in [1.29, 1.82) is 0 Å². The van der Waals surface area contributed by atoms with Gasteiger partial charge in [0, 0.05) is 45.5 Å². The predicted octanol–water partition coefficient (Wildman–Crippen LogP) is 2.23. The summed E-state index contributed by atoms with van der Waals surface area (Å²) in [5.41, 5.74) is -0.611. The second-order valence-corrected chi connectivity index (χ2v) is 13.6. The van der Waals surface area contributed by atoms with Crippen molar-refractivity contribution in [3.63, 3.8) is 0 Å². The van der Waals surface area contributed by atoms with E-state index in [0.717, 1.165) is 12.8 Å². The van der Waals surface area contributed by atoms with Gasteiger partial charge in [-0.25, -0.2) is 14.6 Å². The van der Waals surface area contributed by atoms with Crippen molar-refractivity contribution in [3.8, 4) is 0 Å². The Morgan fingerprint density at radius 1 is 1.09 bits per heavy atom. The van der Waals surface area contributed by atoms with E-state index >= 15 is 0 Å². The first-order valence-corrected chi connectivity index (χ1v) is 16.0. The molecule has 12 atom stereocenters. The molecule has 6 aliphatic rings. The Hall–Kier alpha value is -2.32. The Morgan fingerprint density at radius 2 is 1.89 bits per heavy atom. The van der Waals surface area contributed by atoms with Gasteiger partial charge in [-0.3, -0.25) is 10.7 Å². The van der Waals surface area contributed by atoms with Gasteiger partial charge in [0.1, 0.15) is 16.8 Å². The Labute approximate surface area is 257 Å². The summed E-state index contributed by atoms with van der Waals surface area (Å²) >= 11 is 0. The van der Waals surface area contributed by atoms with E-state index in [1.54, 1.807) is 45.6 Å². The van der Waals surface area contributed by atoms with E-state index < -0.39 is 52.5 Å². The molecule has 0 radical (unpaired) electrons. The smallest absolute Gasteiger partial charge is 0.411 e. The number of anilines is 1. The minimum atomic E-state index is -1.53. The molecule has 3 aliphatic carbocycles. The molecule has 7 bridgehead atoms. The van der Waals surface area contributed by atoms with Crippen molar-refractivity contribution < 1.29 is 43.5 Å². The topological polar surface area (TPSA) is 148 Å². The number of para-hydroxylation sites is 1. The van der Waals surface area contributed by atoms with Crippen molar-refractivity contribution in [2.45, 2.75) is 98.6 Å². The quantitative estimate of drug-likeness (QED) is 0.239. The van der Waals surface area contributed by atoms with Gasteiger partial charge in [0.05, 0.1) is 54.3 Å². The number of aliphatic hydroxyl groups is 2. The highest BCUT2D eigenvalue weighted by atomic mass is 16.6. The molecule has 7 rings (SSSR count). The summed E-state index contributed by atoms with van der Waals surface area (Å²) < 4.78 is 30.0. The van der Waals surface area contributed by atoms with E-state index in [1.165, 1.54) is 0 Å². The van der Waals surface area contributed by atoms with Crippen molar-refractivity contribution in [2.24, 2.45) is 17.8 Å². The van der Waals surface area contributed by atoms with E-state index in [4.69, 9.17) is 23.7 Å². The van der Waals surface area contributed by atoms with Crippen molar-refractivity contribution in [3.05, 3.63) is 29.8 Å². The Morgan fingerprint density at radius 3 is 2.61 bits per heavy atom. The zero-order valence-corrected chi connectivity index (χ0v) is 25.9. The third-order valence-electron chi connectivity index (χ3n) is 12.2. The number of hydrazine groups is 1. The number of rotatable bonds is 9. The minimum absolute atomic E-state index is 0.109. The predicted molar refractivity (Wildman–Crippen MR) is 157 cm³/mol. The van der Waals surface area contributed by atoms with Crippen LogP contribution in [-0.2, 0) is 23.7 Å². The van der Waals surface area contributed by atoms with Crippen molar-refractivity contribution in [1.82, 2.24) is 10.4 Å². The van der Waals surface area contributed by atoms with Crippen LogP contribution in [0.15, 0.2) is 24.3 Å². The Kier molecular flexibility index (Phi) is 7.32. The highest BCUT2D eigenvalue weighted by molar-refractivity contribution is 5.99. The van der Waals surface area contributed by atoms with Crippen LogP contribution < -0.4 is 10.7 Å². The minimum Gasteiger partial charge on any atom is -0.454 e. The second-order valence-electron chi connectivity index (χ2n) is 13.6. The van der Waals surface area contributed by atoms with Crippen LogP contribution >= 0.6 is 0 Å². The second kappa shape index (κ2) is 10.6. The third kappa shape index (κ3) is 3.70. The number of amides is 1. The molecule has 3 saturated heterocycles. The Balaban J connectivity index is 1.25. The molecule has 242 valence electrons. The number of hydrogen-bond donors (Lipinski definition) is 4. The molecule has 3 saturated carbocycles. The summed E-state index contributed by atoms with van der Waals surface area (Å²) in [5.74, 6) is -1.32. The summed E-state index contributed by atoms with van der Waals surface area (Å²) in [4.78, 5) is 26.5. The lowest BCUT2D eigenvalue weighted by molar-refractivity contribution is -0.339. The standard InChI is InChI=1S/C32H45N3O9/c1-5-6-13-43-28(37)34-20-10-8-7-9-18(20)27(36)44-29-12-11-25(41-3)31-22(29)15-24(35(31)33-17-29)30(38)16-21(40-2)19-14-23(31)32(30,39)26(19)42-4/h7-10,19,21-26,33,38-39H,5-6,11-17H2,1-4H3,(H,34,37)/t19-,21+,22?,23?,24?,25+,26+,29-,30+,31?,32+/m1/s1. The van der Waals surface area contributed by atoms with Gasteiger partial charge in [0.25, 0.3) is 0 Å². The van der Waals surface area contributed by atoms with Crippen LogP contribution in [0.5, 0.6) is 0 Å². The average molecular weight is 616 g/mol. The van der Waals surface area contributed by atoms with Crippen LogP contribution in [0.3, 0.4) is 0 Å². The molecule has 1 aromatic carbocycles. The number of piperidine rings is 1. The molecule has 3 heterocycles. The van der Waals surface area contributed by atoms with Crippen LogP contribution in [-0.4, -0.2) is 108 Å². The number of unbranched alkanes of at least 4 members (excludes halogenated alkanes) is 1. The van der Waals surface area contributed by atoms with E-state index in [0.29, 0.717) is 44.5 Å². The molecule has 12 nitrogen and oxygen atoms in total. The molecule has 6 fully saturated rings. The molecule has 44 heavy (non-hydrogen) atoms. The first-order valence-electron chi connectivity index (χ1n) is 16.0. The number of nitrogens with zero attached hydrogens (tertiary/aromatic N) is 1. The fourth-order valence-electron chi connectivity index (χ4n) is 10.6. The van der Waals surface area contributed by atoms with Crippen molar-refractivity contribution in [2.75, 3.05) is 39.8 Å². The van der Waals surface area contributed by atoms with Crippen LogP contribution in [0.4, 0.5) is 10.5 Å². The van der Waals surface area contributed by atoms with Crippen LogP contribution in [0, 0.1) is 17.8 Å². The molecule has 5 unspecified atom stereocenters. The molecule has 12 heteroatoms. The fourth-order valence-corrected chi connectivity index (χ4v) is 10.6. The van der Waals surface area contributed by atoms with Crippen LogP contribution in [0.2, 0.25) is 0 Å². The van der Waals surface area contributed by atoms with E-state index in [1.807, 2.05) is 6.92 Å². The molecule has 1 aromatic rings. The lowest BCUT2D eigenvalue weighted by Crippen LogP contribution is -2.88. The summed E-state index contributed by atoms with van der Waals surface area (Å²) in [6.07, 6.45) is 2.38. The molecule has 1 spiro atoms. The van der Waals surface area contributed by atoms with Crippen molar-refractivity contribution >= 4 is 17.7 Å². The summed E-state index contributed by atoms with van der Waals surface area (Å²) in [7, 11) is 4.94. The molecular formula is C32H45N3O9. The van der Waals surface area contributed by atoms with E-state index in [9.17, 15) is 19.8 Å². The van der Waals surface area contributed by atoms with E-state index in [-0.39, 0.29) is 36.0 Å². The summed E-state index contributed by atoms with van der Waals surface area (Å²) in [5, 5.41) is 30.2. The van der Waals surface area contributed by atoms with Crippen LogP contribution in [0.1, 0.15) is 62.2 Å². The maximum absolute atomic E-state index is 14.0. The van der Waals surface area contributed by atoms with Gasteiger partial charge in [0.2, 0.25) is 0 Å². The highest BCUT2D eigenvalue weighted by Gasteiger charge is 2.88. The van der Waals surface area contributed by atoms with Gasteiger partial charge in [-0.2, -0.15) is 0 Å². The number of hydrogen-bond acceptors (Lipinski definition) is 11. The zero-order chi connectivity index (χ0) is 31.1. The fraction of sp³-hybridized carbons (Fsp3) is 0.750. The SMILES string of the molecule is CCCCOC(=O)Nc1ccccc1C(=O)O[C@@]12CC[C@H](OC)C34C1CC(N3NC2)[C@@]1(O)C[C@H](OC)[C@H]2CC4[C@]1(O)[C@H]2OC. The zero-order valence-electron chi connectivity index (χ0n) is 25.9. The maximum Gasteiger partial charge on any atom is 0.411 e. The lowest BCUT2D eigenvalue weighted by atomic mass is 9.53. The van der Waals surface area contributed by atoms with Gasteiger partial charge in [-0.05, 0) is 44.2 Å². The summed E-state index contributed by atoms with van der Waals surface area (Å²) in [6, 6.07) is 6.29. The van der Waals surface area contributed by atoms with Gasteiger partial charge in [-0.15, -0.1) is 0 Å². The number of carbonyl (C=O) groups excluding carboxylic acids is 2. The average Bonchev–Trinajstić information content (AvgIpc) is 3.41. The normalized spacial score (nSPS) is 46.0. The monoisotopic (exact) mass is 615 g/mol. The first-order chi connectivity index (χ1) is 21.2. The highest BCUT2D eigenvalue weighted by Crippen LogP contribution is 2.73. The van der Waals surface area contributed by atoms with E-state index in [2.05, 4.69) is 15.8 Å². The van der Waals surface area contributed by atoms with Crippen LogP contribution in [0.25, 0.3) is 0 Å². The number of fused-ring (bicyclic) bond motifs is 2. The lowest BCUT2D eigenvalue weighted by Gasteiger charge is -2.69. The summed E-state index contributed by atoms with van der Waals surface area (Å²) in [6.45, 7) is 2.67. The number of methoxy groups -OCH3 is 3. The molecule has 1 amide bonds. The first kappa shape index (κ1) is 30.3. The van der Waals surface area contributed by atoms with Gasteiger partial charge >= 0.3 is 12.1 Å².